The molecule has 0 aromatic heterocycles. The summed E-state index contributed by atoms with van der Waals surface area (Å²) in [4.78, 5) is 14.0. The maximum atomic E-state index is 12.1. The quantitative estimate of drug-likeness (QED) is 0.834. The van der Waals surface area contributed by atoms with E-state index in [1.807, 2.05) is 11.9 Å². The molecule has 1 amide bonds. The highest BCUT2D eigenvalue weighted by Gasteiger charge is 2.31. The Kier molecular flexibility index (Phi) is 5.07. The second-order valence-corrected chi connectivity index (χ2v) is 8.64. The van der Waals surface area contributed by atoms with E-state index in [4.69, 9.17) is 0 Å². The van der Waals surface area contributed by atoms with Gasteiger partial charge in [0.1, 0.15) is 0 Å². The molecule has 5 nitrogen and oxygen atoms in total. The molecule has 1 aliphatic heterocycles. The van der Waals surface area contributed by atoms with Gasteiger partial charge in [-0.2, -0.15) is 0 Å². The Morgan fingerprint density at radius 3 is 2.55 bits per heavy atom. The zero-order valence-corrected chi connectivity index (χ0v) is 13.3. The Labute approximate surface area is 122 Å². The Morgan fingerprint density at radius 2 is 1.95 bits per heavy atom. The molecule has 3 atom stereocenters. The summed E-state index contributed by atoms with van der Waals surface area (Å²) in [5.74, 6) is 1.01. The number of hydrogen-bond acceptors (Lipinski definition) is 4. The SMILES string of the molecule is CC1CCCCC1NC(=O)CN(C)C1CCS(=O)(=O)C1. The molecule has 0 bridgehead atoms. The zero-order valence-electron chi connectivity index (χ0n) is 12.5. The van der Waals surface area contributed by atoms with E-state index in [1.54, 1.807) is 0 Å². The van der Waals surface area contributed by atoms with Crippen molar-refractivity contribution in [2.24, 2.45) is 5.92 Å². The molecule has 6 heteroatoms. The summed E-state index contributed by atoms with van der Waals surface area (Å²) in [6, 6.07) is 0.284. The summed E-state index contributed by atoms with van der Waals surface area (Å²) in [5, 5.41) is 3.11. The lowest BCUT2D eigenvalue weighted by Crippen LogP contribution is -2.47. The van der Waals surface area contributed by atoms with Gasteiger partial charge in [0.05, 0.1) is 18.1 Å². The van der Waals surface area contributed by atoms with E-state index in [-0.39, 0.29) is 29.5 Å². The predicted molar refractivity (Wildman–Crippen MR) is 79.3 cm³/mol. The number of amides is 1. The maximum absolute atomic E-state index is 12.1. The van der Waals surface area contributed by atoms with E-state index in [2.05, 4.69) is 12.2 Å². The van der Waals surface area contributed by atoms with E-state index >= 15 is 0 Å². The molecule has 116 valence electrons. The third-order valence-corrected chi connectivity index (χ3v) is 6.43. The molecule has 3 unspecified atom stereocenters. The molecule has 1 saturated carbocycles. The van der Waals surface area contributed by atoms with Crippen LogP contribution in [0.1, 0.15) is 39.0 Å². The maximum Gasteiger partial charge on any atom is 0.234 e. The van der Waals surface area contributed by atoms with Crippen LogP contribution in [0.3, 0.4) is 0 Å². The fraction of sp³-hybridized carbons (Fsp3) is 0.929. The van der Waals surface area contributed by atoms with E-state index < -0.39 is 9.84 Å². The number of hydrogen-bond donors (Lipinski definition) is 1. The van der Waals surface area contributed by atoms with E-state index in [1.165, 1.54) is 19.3 Å². The molecule has 2 rings (SSSR count). The summed E-state index contributed by atoms with van der Waals surface area (Å²) in [7, 11) is -1.04. The van der Waals surface area contributed by atoms with Gasteiger partial charge in [-0.15, -0.1) is 0 Å². The minimum Gasteiger partial charge on any atom is -0.352 e. The number of rotatable bonds is 4. The lowest BCUT2D eigenvalue weighted by Gasteiger charge is -2.30. The Bertz CT molecular complexity index is 449. The van der Waals surface area contributed by atoms with Gasteiger partial charge in [0, 0.05) is 12.1 Å². The van der Waals surface area contributed by atoms with E-state index in [0.717, 1.165) is 6.42 Å². The molecular formula is C14H26N2O3S. The minimum absolute atomic E-state index is 0.00507. The molecule has 1 aliphatic carbocycles. The number of likely N-dealkylation sites (N-methyl/N-ethyl adjacent to an activating group) is 1. The molecule has 1 heterocycles. The van der Waals surface area contributed by atoms with Crippen LogP contribution in [0.4, 0.5) is 0 Å². The van der Waals surface area contributed by atoms with Crippen molar-refractivity contribution in [3.8, 4) is 0 Å². The van der Waals surface area contributed by atoms with Crippen LogP contribution < -0.4 is 5.32 Å². The standard InChI is InChI=1S/C14H26N2O3S/c1-11-5-3-4-6-13(11)15-14(17)9-16(2)12-7-8-20(18,19)10-12/h11-13H,3-10H2,1-2H3,(H,15,17). The normalized spacial score (nSPS) is 33.2. The van der Waals surface area contributed by atoms with Gasteiger partial charge in [-0.3, -0.25) is 9.69 Å². The van der Waals surface area contributed by atoms with Gasteiger partial charge in [-0.05, 0) is 32.2 Å². The third-order valence-electron chi connectivity index (χ3n) is 4.68. The van der Waals surface area contributed by atoms with Crippen molar-refractivity contribution in [2.45, 2.75) is 51.1 Å². The largest absolute Gasteiger partial charge is 0.352 e. The number of carbonyl (C=O) groups is 1. The van der Waals surface area contributed by atoms with Crippen molar-refractivity contribution >= 4 is 15.7 Å². The molecule has 1 N–H and O–H groups in total. The first-order valence-corrected chi connectivity index (χ1v) is 9.39. The highest BCUT2D eigenvalue weighted by molar-refractivity contribution is 7.91. The molecule has 0 radical (unpaired) electrons. The Morgan fingerprint density at radius 1 is 1.25 bits per heavy atom. The molecule has 2 aliphatic rings. The molecule has 20 heavy (non-hydrogen) atoms. The van der Waals surface area contributed by atoms with Crippen molar-refractivity contribution in [3.05, 3.63) is 0 Å². The van der Waals surface area contributed by atoms with Crippen LogP contribution in [0, 0.1) is 5.92 Å². The minimum atomic E-state index is -2.89. The monoisotopic (exact) mass is 302 g/mol. The lowest BCUT2D eigenvalue weighted by molar-refractivity contribution is -0.123. The average Bonchev–Trinajstić information content (AvgIpc) is 2.73. The number of sulfone groups is 1. The Balaban J connectivity index is 1.79. The van der Waals surface area contributed by atoms with Crippen LogP contribution in [-0.2, 0) is 14.6 Å². The van der Waals surface area contributed by atoms with Crippen molar-refractivity contribution < 1.29 is 13.2 Å². The number of nitrogens with zero attached hydrogens (tertiary/aromatic N) is 1. The van der Waals surface area contributed by atoms with Crippen molar-refractivity contribution in [2.75, 3.05) is 25.1 Å². The van der Waals surface area contributed by atoms with Crippen LogP contribution in [0.15, 0.2) is 0 Å². The van der Waals surface area contributed by atoms with Gasteiger partial charge >= 0.3 is 0 Å². The summed E-state index contributed by atoms with van der Waals surface area (Å²) < 4.78 is 22.9. The molecule has 0 aromatic rings. The smallest absolute Gasteiger partial charge is 0.234 e. The van der Waals surface area contributed by atoms with Gasteiger partial charge < -0.3 is 5.32 Å². The fourth-order valence-corrected chi connectivity index (χ4v) is 5.07. The van der Waals surface area contributed by atoms with Gasteiger partial charge in [0.15, 0.2) is 9.84 Å². The number of nitrogens with one attached hydrogen (secondary N) is 1. The van der Waals surface area contributed by atoms with Crippen LogP contribution in [0.2, 0.25) is 0 Å². The fourth-order valence-electron chi connectivity index (χ4n) is 3.26. The average molecular weight is 302 g/mol. The molecule has 2 fully saturated rings. The van der Waals surface area contributed by atoms with Gasteiger partial charge in [0.25, 0.3) is 0 Å². The van der Waals surface area contributed by atoms with E-state index in [0.29, 0.717) is 18.9 Å². The van der Waals surface area contributed by atoms with E-state index in [9.17, 15) is 13.2 Å². The third kappa shape index (κ3) is 4.19. The second kappa shape index (κ2) is 6.43. The zero-order chi connectivity index (χ0) is 14.8. The molecule has 1 saturated heterocycles. The first-order chi connectivity index (χ1) is 9.37. The highest BCUT2D eigenvalue weighted by atomic mass is 32.2. The Hall–Kier alpha value is -0.620. The summed E-state index contributed by atoms with van der Waals surface area (Å²) in [6.07, 6.45) is 5.33. The first-order valence-electron chi connectivity index (χ1n) is 7.57. The van der Waals surface area contributed by atoms with Gasteiger partial charge in [-0.25, -0.2) is 8.42 Å². The second-order valence-electron chi connectivity index (χ2n) is 6.41. The molecular weight excluding hydrogens is 276 g/mol. The van der Waals surface area contributed by atoms with Crippen molar-refractivity contribution in [3.63, 3.8) is 0 Å². The molecule has 0 spiro atoms. The number of carbonyl (C=O) groups excluding carboxylic acids is 1. The van der Waals surface area contributed by atoms with Crippen LogP contribution >= 0.6 is 0 Å². The lowest BCUT2D eigenvalue weighted by atomic mass is 9.86. The summed E-state index contributed by atoms with van der Waals surface area (Å²) in [5.41, 5.74) is 0. The van der Waals surface area contributed by atoms with Crippen LogP contribution in [0.5, 0.6) is 0 Å². The van der Waals surface area contributed by atoms with Crippen molar-refractivity contribution in [1.82, 2.24) is 10.2 Å². The van der Waals surface area contributed by atoms with Crippen molar-refractivity contribution in [1.29, 1.82) is 0 Å². The van der Waals surface area contributed by atoms with Gasteiger partial charge in [-0.1, -0.05) is 19.8 Å². The topological polar surface area (TPSA) is 66.5 Å². The first kappa shape index (κ1) is 15.8. The highest BCUT2D eigenvalue weighted by Crippen LogP contribution is 2.23. The van der Waals surface area contributed by atoms with Crippen LogP contribution in [-0.4, -0.2) is 56.4 Å². The van der Waals surface area contributed by atoms with Crippen LogP contribution in [0.25, 0.3) is 0 Å². The van der Waals surface area contributed by atoms with Gasteiger partial charge in [0.2, 0.25) is 5.91 Å². The summed E-state index contributed by atoms with van der Waals surface area (Å²) in [6.45, 7) is 2.49. The summed E-state index contributed by atoms with van der Waals surface area (Å²) >= 11 is 0. The predicted octanol–water partition coefficient (Wildman–Crippen LogP) is 0.800. The molecule has 0 aromatic carbocycles.